The molecule has 18 heavy (non-hydrogen) atoms. The van der Waals surface area contributed by atoms with E-state index < -0.39 is 6.61 Å². The van der Waals surface area contributed by atoms with E-state index in [1.165, 1.54) is 18.2 Å². The van der Waals surface area contributed by atoms with E-state index in [0.717, 1.165) is 6.42 Å². The van der Waals surface area contributed by atoms with E-state index in [0.29, 0.717) is 25.1 Å². The smallest absolute Gasteiger partial charge is 0.387 e. The van der Waals surface area contributed by atoms with Crippen LogP contribution in [0.1, 0.15) is 19.3 Å². The second-order valence-electron chi connectivity index (χ2n) is 3.70. The molecule has 0 aromatic heterocycles. The highest BCUT2D eigenvalue weighted by Crippen LogP contribution is 2.19. The van der Waals surface area contributed by atoms with Gasteiger partial charge in [-0.05, 0) is 31.5 Å². The van der Waals surface area contributed by atoms with Crippen LogP contribution >= 0.6 is 0 Å². The third-order valence-corrected chi connectivity index (χ3v) is 2.20. The van der Waals surface area contributed by atoms with Gasteiger partial charge in [0.15, 0.2) is 0 Å². The van der Waals surface area contributed by atoms with Crippen molar-refractivity contribution >= 4 is 11.6 Å². The van der Waals surface area contributed by atoms with Gasteiger partial charge in [-0.3, -0.25) is 4.79 Å². The Hall–Kier alpha value is -1.69. The zero-order valence-electron chi connectivity index (χ0n) is 9.86. The highest BCUT2D eigenvalue weighted by molar-refractivity contribution is 5.90. The topological polar surface area (TPSA) is 64.4 Å². The van der Waals surface area contributed by atoms with Crippen LogP contribution in [0.25, 0.3) is 0 Å². The maximum atomic E-state index is 12.0. The van der Waals surface area contributed by atoms with Crippen molar-refractivity contribution in [2.45, 2.75) is 25.9 Å². The average molecular weight is 258 g/mol. The predicted octanol–water partition coefficient (Wildman–Crippen LogP) is 2.36. The first-order chi connectivity index (χ1) is 8.61. The molecule has 1 aromatic carbocycles. The number of carbonyl (C=O) groups excluding carboxylic acids is 1. The van der Waals surface area contributed by atoms with Crippen molar-refractivity contribution in [3.05, 3.63) is 24.3 Å². The van der Waals surface area contributed by atoms with Crippen molar-refractivity contribution in [1.82, 2.24) is 0 Å². The first kappa shape index (κ1) is 14.4. The average Bonchev–Trinajstić information content (AvgIpc) is 2.28. The molecule has 3 N–H and O–H groups in total. The quantitative estimate of drug-likeness (QED) is 0.738. The van der Waals surface area contributed by atoms with Crippen LogP contribution in [-0.2, 0) is 4.79 Å². The molecule has 4 nitrogen and oxygen atoms in total. The van der Waals surface area contributed by atoms with Gasteiger partial charge < -0.3 is 15.8 Å². The van der Waals surface area contributed by atoms with Crippen LogP contribution in [0, 0.1) is 0 Å². The number of nitrogens with one attached hydrogen (secondary N) is 1. The van der Waals surface area contributed by atoms with Crippen LogP contribution in [0.2, 0.25) is 0 Å². The van der Waals surface area contributed by atoms with Crippen molar-refractivity contribution in [1.29, 1.82) is 0 Å². The van der Waals surface area contributed by atoms with Crippen molar-refractivity contribution < 1.29 is 18.3 Å². The molecule has 0 saturated carbocycles. The van der Waals surface area contributed by atoms with Gasteiger partial charge in [-0.1, -0.05) is 6.07 Å². The van der Waals surface area contributed by atoms with Gasteiger partial charge in [0.1, 0.15) is 5.75 Å². The van der Waals surface area contributed by atoms with Gasteiger partial charge in [-0.15, -0.1) is 0 Å². The highest BCUT2D eigenvalue weighted by atomic mass is 19.3. The summed E-state index contributed by atoms with van der Waals surface area (Å²) < 4.78 is 28.2. The van der Waals surface area contributed by atoms with Crippen LogP contribution < -0.4 is 15.8 Å². The Morgan fingerprint density at radius 3 is 2.83 bits per heavy atom. The summed E-state index contributed by atoms with van der Waals surface area (Å²) in [6.45, 7) is -2.33. The summed E-state index contributed by atoms with van der Waals surface area (Å²) in [6, 6.07) is 5.90. The van der Waals surface area contributed by atoms with E-state index in [2.05, 4.69) is 10.1 Å². The lowest BCUT2D eigenvalue weighted by molar-refractivity contribution is -0.116. The first-order valence-corrected chi connectivity index (χ1v) is 5.66. The number of ether oxygens (including phenoxy) is 1. The summed E-state index contributed by atoms with van der Waals surface area (Å²) in [5, 5.41) is 2.61. The van der Waals surface area contributed by atoms with Gasteiger partial charge in [0.25, 0.3) is 0 Å². The molecule has 0 aliphatic heterocycles. The molecule has 100 valence electrons. The predicted molar refractivity (Wildman–Crippen MR) is 64.6 cm³/mol. The summed E-state index contributed by atoms with van der Waals surface area (Å²) in [4.78, 5) is 11.5. The molecule has 1 amide bonds. The largest absolute Gasteiger partial charge is 0.435 e. The number of amides is 1. The Bertz CT molecular complexity index is 386. The van der Waals surface area contributed by atoms with Crippen LogP contribution in [0.4, 0.5) is 14.5 Å². The normalized spacial score (nSPS) is 10.4. The third-order valence-electron chi connectivity index (χ3n) is 2.20. The number of alkyl halides is 2. The fourth-order valence-electron chi connectivity index (χ4n) is 1.40. The van der Waals surface area contributed by atoms with Gasteiger partial charge >= 0.3 is 6.61 Å². The number of unbranched alkanes of at least 4 members (excludes halogenated alkanes) is 1. The molecule has 6 heteroatoms. The Morgan fingerprint density at radius 1 is 1.39 bits per heavy atom. The van der Waals surface area contributed by atoms with E-state index in [1.807, 2.05) is 0 Å². The summed E-state index contributed by atoms with van der Waals surface area (Å²) >= 11 is 0. The van der Waals surface area contributed by atoms with Crippen LogP contribution in [0.3, 0.4) is 0 Å². The lowest BCUT2D eigenvalue weighted by atomic mass is 10.2. The van der Waals surface area contributed by atoms with E-state index in [-0.39, 0.29) is 11.7 Å². The maximum absolute atomic E-state index is 12.0. The van der Waals surface area contributed by atoms with Gasteiger partial charge in [0, 0.05) is 18.2 Å². The molecule has 0 atom stereocenters. The Kier molecular flexibility index (Phi) is 6.07. The minimum Gasteiger partial charge on any atom is -0.435 e. The second-order valence-corrected chi connectivity index (χ2v) is 3.70. The Labute approximate surface area is 104 Å². The molecular formula is C12H16F2N2O2. The molecule has 0 saturated heterocycles. The molecular weight excluding hydrogens is 242 g/mol. The number of benzene rings is 1. The lowest BCUT2D eigenvalue weighted by Crippen LogP contribution is -2.12. The van der Waals surface area contributed by atoms with Gasteiger partial charge in [-0.2, -0.15) is 8.78 Å². The van der Waals surface area contributed by atoms with Gasteiger partial charge in [0.05, 0.1) is 0 Å². The van der Waals surface area contributed by atoms with Crippen LogP contribution in [0.5, 0.6) is 5.75 Å². The molecule has 0 unspecified atom stereocenters. The molecule has 1 aromatic rings. The lowest BCUT2D eigenvalue weighted by Gasteiger charge is -2.08. The standard InChI is InChI=1S/C12H16F2N2O2/c13-12(14)18-10-5-3-4-9(8-10)16-11(17)6-1-2-7-15/h3-5,8,12H,1-2,6-7,15H2,(H,16,17). The number of hydrogen-bond acceptors (Lipinski definition) is 3. The number of hydrogen-bond donors (Lipinski definition) is 2. The Morgan fingerprint density at radius 2 is 2.17 bits per heavy atom. The number of halogens is 2. The number of nitrogens with two attached hydrogens (primary N) is 1. The van der Waals surface area contributed by atoms with Gasteiger partial charge in [0.2, 0.25) is 5.91 Å². The highest BCUT2D eigenvalue weighted by Gasteiger charge is 2.06. The van der Waals surface area contributed by atoms with Gasteiger partial charge in [-0.25, -0.2) is 0 Å². The van der Waals surface area contributed by atoms with Crippen molar-refractivity contribution in [2.24, 2.45) is 5.73 Å². The van der Waals surface area contributed by atoms with Crippen LogP contribution in [-0.4, -0.2) is 19.1 Å². The number of anilines is 1. The van der Waals surface area contributed by atoms with Crippen molar-refractivity contribution in [2.75, 3.05) is 11.9 Å². The fraction of sp³-hybridized carbons (Fsp3) is 0.417. The number of rotatable bonds is 7. The summed E-state index contributed by atoms with van der Waals surface area (Å²) in [5.41, 5.74) is 5.75. The molecule has 0 spiro atoms. The zero-order chi connectivity index (χ0) is 13.4. The molecule has 0 bridgehead atoms. The molecule has 0 heterocycles. The zero-order valence-corrected chi connectivity index (χ0v) is 9.86. The molecule has 0 fully saturated rings. The van der Waals surface area contributed by atoms with E-state index in [9.17, 15) is 13.6 Å². The van der Waals surface area contributed by atoms with E-state index >= 15 is 0 Å². The third kappa shape index (κ3) is 5.58. The summed E-state index contributed by atoms with van der Waals surface area (Å²) in [5.74, 6) is -0.151. The molecule has 0 radical (unpaired) electrons. The monoisotopic (exact) mass is 258 g/mol. The maximum Gasteiger partial charge on any atom is 0.387 e. The van der Waals surface area contributed by atoms with Crippen LogP contribution in [0.15, 0.2) is 24.3 Å². The van der Waals surface area contributed by atoms with Crippen molar-refractivity contribution in [3.8, 4) is 5.75 Å². The molecule has 0 aliphatic carbocycles. The number of carbonyl (C=O) groups is 1. The minimum atomic E-state index is -2.87. The van der Waals surface area contributed by atoms with Crippen molar-refractivity contribution in [3.63, 3.8) is 0 Å². The van der Waals surface area contributed by atoms with E-state index in [4.69, 9.17) is 5.73 Å². The molecule has 0 aliphatic rings. The van der Waals surface area contributed by atoms with E-state index in [1.54, 1.807) is 6.07 Å². The SMILES string of the molecule is NCCCCC(=O)Nc1cccc(OC(F)F)c1. The first-order valence-electron chi connectivity index (χ1n) is 5.66. The summed E-state index contributed by atoms with van der Waals surface area (Å²) in [6.07, 6.45) is 1.84. The Balaban J connectivity index is 2.48. The fourth-order valence-corrected chi connectivity index (χ4v) is 1.40. The second kappa shape index (κ2) is 7.60. The minimum absolute atomic E-state index is 0.0183. The summed E-state index contributed by atoms with van der Waals surface area (Å²) in [7, 11) is 0. The molecule has 1 rings (SSSR count).